The summed E-state index contributed by atoms with van der Waals surface area (Å²) in [6.07, 6.45) is 2.37. The molecule has 0 radical (unpaired) electrons. The molecule has 0 aromatic heterocycles. The summed E-state index contributed by atoms with van der Waals surface area (Å²) in [5.74, 6) is 1.20. The zero-order chi connectivity index (χ0) is 18.1. The summed E-state index contributed by atoms with van der Waals surface area (Å²) < 4.78 is 11.0. The van der Waals surface area contributed by atoms with E-state index in [1.807, 2.05) is 25.1 Å². The third-order valence-electron chi connectivity index (χ3n) is 3.13. The number of carbonyl (C=O) groups is 1. The quantitative estimate of drug-likeness (QED) is 0.570. The second kappa shape index (κ2) is 9.54. The first-order chi connectivity index (χ1) is 12.1. The van der Waals surface area contributed by atoms with Gasteiger partial charge in [0.15, 0.2) is 11.5 Å². The standard InChI is InChI=1S/C18H20ClN3O3/c1-3-10-25-17-13(6-4-9-16(17)24-2)12-20-22-18(23)21-15-8-5-7-14(19)11-15/h4-9,11-12H,3,10H2,1-2H3,(H2,21,22,23)/b20-12-. The number of methoxy groups -OCH3 is 1. The number of benzene rings is 2. The summed E-state index contributed by atoms with van der Waals surface area (Å²) in [6.45, 7) is 2.58. The lowest BCUT2D eigenvalue weighted by Crippen LogP contribution is -2.24. The number of ether oxygens (including phenoxy) is 2. The molecule has 7 heteroatoms. The first-order valence-electron chi connectivity index (χ1n) is 7.79. The number of halogens is 1. The minimum atomic E-state index is -0.475. The van der Waals surface area contributed by atoms with Gasteiger partial charge in [-0.3, -0.25) is 0 Å². The van der Waals surface area contributed by atoms with Crippen LogP contribution in [0.1, 0.15) is 18.9 Å². The van der Waals surface area contributed by atoms with E-state index in [9.17, 15) is 4.79 Å². The molecule has 0 heterocycles. The van der Waals surface area contributed by atoms with Crippen LogP contribution in [-0.2, 0) is 0 Å². The van der Waals surface area contributed by atoms with Crippen molar-refractivity contribution in [2.75, 3.05) is 19.0 Å². The largest absolute Gasteiger partial charge is 0.493 e. The average molecular weight is 362 g/mol. The fourth-order valence-corrected chi connectivity index (χ4v) is 2.23. The summed E-state index contributed by atoms with van der Waals surface area (Å²) in [4.78, 5) is 11.9. The summed E-state index contributed by atoms with van der Waals surface area (Å²) >= 11 is 5.87. The highest BCUT2D eigenvalue weighted by Crippen LogP contribution is 2.30. The predicted molar refractivity (Wildman–Crippen MR) is 100.0 cm³/mol. The molecule has 0 bridgehead atoms. The molecule has 0 saturated heterocycles. The number of hydrazone groups is 1. The zero-order valence-corrected chi connectivity index (χ0v) is 14.8. The van der Waals surface area contributed by atoms with Crippen LogP contribution < -0.4 is 20.2 Å². The van der Waals surface area contributed by atoms with Gasteiger partial charge in [0.25, 0.3) is 0 Å². The van der Waals surface area contributed by atoms with Crippen molar-refractivity contribution in [1.29, 1.82) is 0 Å². The fourth-order valence-electron chi connectivity index (χ4n) is 2.04. The molecular weight excluding hydrogens is 342 g/mol. The van der Waals surface area contributed by atoms with E-state index in [0.717, 1.165) is 6.42 Å². The van der Waals surface area contributed by atoms with Crippen LogP contribution in [0.25, 0.3) is 0 Å². The van der Waals surface area contributed by atoms with Gasteiger partial charge in [-0.2, -0.15) is 5.10 Å². The molecule has 0 aliphatic carbocycles. The monoisotopic (exact) mass is 361 g/mol. The molecule has 2 amide bonds. The second-order valence-electron chi connectivity index (χ2n) is 5.06. The average Bonchev–Trinajstić information content (AvgIpc) is 2.60. The Morgan fingerprint density at radius 3 is 2.80 bits per heavy atom. The van der Waals surface area contributed by atoms with Gasteiger partial charge in [0, 0.05) is 16.3 Å². The van der Waals surface area contributed by atoms with Gasteiger partial charge in [-0.25, -0.2) is 10.2 Å². The number of amides is 2. The van der Waals surface area contributed by atoms with Crippen LogP contribution in [0.2, 0.25) is 5.02 Å². The van der Waals surface area contributed by atoms with E-state index in [-0.39, 0.29) is 0 Å². The van der Waals surface area contributed by atoms with Gasteiger partial charge in [0.1, 0.15) is 0 Å². The SMILES string of the molecule is CCCOc1c(/C=N\NC(=O)Nc2cccc(Cl)c2)cccc1OC. The summed E-state index contributed by atoms with van der Waals surface area (Å²) in [5.41, 5.74) is 3.68. The Bertz CT molecular complexity index is 750. The third-order valence-corrected chi connectivity index (χ3v) is 3.37. The first kappa shape index (κ1) is 18.6. The van der Waals surface area contributed by atoms with Crippen molar-refractivity contribution in [3.63, 3.8) is 0 Å². The zero-order valence-electron chi connectivity index (χ0n) is 14.1. The van der Waals surface area contributed by atoms with E-state index in [2.05, 4.69) is 15.8 Å². The molecule has 2 N–H and O–H groups in total. The molecule has 25 heavy (non-hydrogen) atoms. The van der Waals surface area contributed by atoms with Crippen LogP contribution in [-0.4, -0.2) is 26.0 Å². The Kier molecular flexibility index (Phi) is 7.10. The maximum atomic E-state index is 11.9. The predicted octanol–water partition coefficient (Wildman–Crippen LogP) is 4.29. The number of para-hydroxylation sites is 1. The minimum absolute atomic E-state index is 0.475. The van der Waals surface area contributed by atoms with Crippen molar-refractivity contribution in [3.05, 3.63) is 53.1 Å². The number of urea groups is 1. The Morgan fingerprint density at radius 1 is 1.28 bits per heavy atom. The van der Waals surface area contributed by atoms with Crippen LogP contribution in [0.15, 0.2) is 47.6 Å². The van der Waals surface area contributed by atoms with Gasteiger partial charge in [0.2, 0.25) is 0 Å². The molecule has 2 aromatic carbocycles. The lowest BCUT2D eigenvalue weighted by Gasteiger charge is -2.12. The van der Waals surface area contributed by atoms with Gasteiger partial charge in [-0.05, 0) is 36.8 Å². The molecule has 132 valence electrons. The first-order valence-corrected chi connectivity index (χ1v) is 8.17. The maximum Gasteiger partial charge on any atom is 0.339 e. The number of carbonyl (C=O) groups excluding carboxylic acids is 1. The molecular formula is C18H20ClN3O3. The van der Waals surface area contributed by atoms with E-state index in [1.165, 1.54) is 6.21 Å². The number of nitrogens with zero attached hydrogens (tertiary/aromatic N) is 1. The van der Waals surface area contributed by atoms with Crippen molar-refractivity contribution >= 4 is 29.5 Å². The Hall–Kier alpha value is -2.73. The molecule has 0 fully saturated rings. The number of anilines is 1. The van der Waals surface area contributed by atoms with Crippen molar-refractivity contribution in [2.24, 2.45) is 5.10 Å². The Balaban J connectivity index is 2.02. The smallest absolute Gasteiger partial charge is 0.339 e. The minimum Gasteiger partial charge on any atom is -0.493 e. The Morgan fingerprint density at radius 2 is 2.08 bits per heavy atom. The van der Waals surface area contributed by atoms with Crippen LogP contribution in [0.5, 0.6) is 11.5 Å². The highest BCUT2D eigenvalue weighted by Gasteiger charge is 2.09. The molecule has 0 saturated carbocycles. The van der Waals surface area contributed by atoms with Crippen molar-refractivity contribution in [3.8, 4) is 11.5 Å². The van der Waals surface area contributed by atoms with E-state index >= 15 is 0 Å². The normalized spacial score (nSPS) is 10.5. The van der Waals surface area contributed by atoms with Crippen molar-refractivity contribution in [1.82, 2.24) is 5.43 Å². The van der Waals surface area contributed by atoms with E-state index in [4.69, 9.17) is 21.1 Å². The molecule has 0 atom stereocenters. The number of hydrogen-bond acceptors (Lipinski definition) is 4. The summed E-state index contributed by atoms with van der Waals surface area (Å²) in [6, 6.07) is 11.8. The molecule has 0 spiro atoms. The highest BCUT2D eigenvalue weighted by atomic mass is 35.5. The lowest BCUT2D eigenvalue weighted by atomic mass is 10.2. The van der Waals surface area contributed by atoms with Crippen molar-refractivity contribution in [2.45, 2.75) is 13.3 Å². The number of rotatable bonds is 7. The summed E-state index contributed by atoms with van der Waals surface area (Å²) in [7, 11) is 1.58. The van der Waals surface area contributed by atoms with Crippen LogP contribution in [0, 0.1) is 0 Å². The molecule has 0 unspecified atom stereocenters. The number of nitrogens with one attached hydrogen (secondary N) is 2. The van der Waals surface area contributed by atoms with Gasteiger partial charge < -0.3 is 14.8 Å². The van der Waals surface area contributed by atoms with Gasteiger partial charge >= 0.3 is 6.03 Å². The van der Waals surface area contributed by atoms with Crippen LogP contribution in [0.3, 0.4) is 0 Å². The lowest BCUT2D eigenvalue weighted by molar-refractivity contribution is 0.252. The van der Waals surface area contributed by atoms with Gasteiger partial charge in [-0.1, -0.05) is 30.7 Å². The molecule has 6 nitrogen and oxygen atoms in total. The molecule has 0 aliphatic rings. The Labute approximate surface area is 151 Å². The summed E-state index contributed by atoms with van der Waals surface area (Å²) in [5, 5.41) is 7.12. The molecule has 2 rings (SSSR count). The highest BCUT2D eigenvalue weighted by molar-refractivity contribution is 6.30. The van der Waals surface area contributed by atoms with Gasteiger partial charge in [0.05, 0.1) is 19.9 Å². The number of hydrogen-bond donors (Lipinski definition) is 2. The second-order valence-corrected chi connectivity index (χ2v) is 5.50. The topological polar surface area (TPSA) is 72.0 Å². The van der Waals surface area contributed by atoms with E-state index in [0.29, 0.717) is 34.4 Å². The third kappa shape index (κ3) is 5.69. The fraction of sp³-hybridized carbons (Fsp3) is 0.222. The molecule has 0 aliphatic heterocycles. The van der Waals surface area contributed by atoms with Crippen LogP contribution in [0.4, 0.5) is 10.5 Å². The van der Waals surface area contributed by atoms with E-state index < -0.39 is 6.03 Å². The van der Waals surface area contributed by atoms with Crippen molar-refractivity contribution < 1.29 is 14.3 Å². The maximum absolute atomic E-state index is 11.9. The molecule has 2 aromatic rings. The van der Waals surface area contributed by atoms with Crippen LogP contribution >= 0.6 is 11.6 Å². The van der Waals surface area contributed by atoms with Gasteiger partial charge in [-0.15, -0.1) is 0 Å². The van der Waals surface area contributed by atoms with E-state index in [1.54, 1.807) is 31.4 Å².